The zero-order valence-corrected chi connectivity index (χ0v) is 11.5. The van der Waals surface area contributed by atoms with Crippen molar-refractivity contribution in [2.45, 2.75) is 11.8 Å². The number of rotatable bonds is 3. The summed E-state index contributed by atoms with van der Waals surface area (Å²) < 4.78 is 36.1. The second-order valence-electron chi connectivity index (χ2n) is 4.37. The van der Waals surface area contributed by atoms with Crippen LogP contribution in [0.2, 0.25) is 0 Å². The monoisotopic (exact) mass is 295 g/mol. The molecule has 0 saturated heterocycles. The standard InChI is InChI=1S/C13H14FN3O2S/c1-8-12(14)3-2-4-13(8)17-10-5-9(15)6-11(7-10)20(16,18)19/h2-7,17H,15H2,1H3,(H2,16,18,19). The van der Waals surface area contributed by atoms with Gasteiger partial charge in [0.25, 0.3) is 0 Å². The normalized spacial score (nSPS) is 11.3. The van der Waals surface area contributed by atoms with Gasteiger partial charge in [-0.3, -0.25) is 0 Å². The van der Waals surface area contributed by atoms with E-state index in [-0.39, 0.29) is 16.4 Å². The largest absolute Gasteiger partial charge is 0.399 e. The van der Waals surface area contributed by atoms with Gasteiger partial charge >= 0.3 is 0 Å². The third kappa shape index (κ3) is 3.06. The topological polar surface area (TPSA) is 98.2 Å². The van der Waals surface area contributed by atoms with Gasteiger partial charge < -0.3 is 11.1 Å². The average molecular weight is 295 g/mol. The maximum atomic E-state index is 13.4. The summed E-state index contributed by atoms with van der Waals surface area (Å²) in [6.07, 6.45) is 0. The predicted octanol–water partition coefficient (Wildman–Crippen LogP) is 2.11. The lowest BCUT2D eigenvalue weighted by Gasteiger charge is -2.12. The Balaban J connectivity index is 2.44. The molecule has 0 aromatic heterocycles. The highest BCUT2D eigenvalue weighted by atomic mass is 32.2. The molecule has 2 aromatic rings. The lowest BCUT2D eigenvalue weighted by molar-refractivity contribution is 0.598. The lowest BCUT2D eigenvalue weighted by atomic mass is 10.2. The summed E-state index contributed by atoms with van der Waals surface area (Å²) in [6, 6.07) is 8.72. The highest BCUT2D eigenvalue weighted by Gasteiger charge is 2.11. The molecule has 0 saturated carbocycles. The van der Waals surface area contributed by atoms with Gasteiger partial charge in [0.15, 0.2) is 0 Å². The third-order valence-electron chi connectivity index (χ3n) is 2.80. The summed E-state index contributed by atoms with van der Waals surface area (Å²) in [4.78, 5) is -0.103. The van der Waals surface area contributed by atoms with E-state index in [1.807, 2.05) is 0 Å². The highest BCUT2D eigenvalue weighted by Crippen LogP contribution is 2.26. The molecule has 0 aliphatic heterocycles. The van der Waals surface area contributed by atoms with Crippen molar-refractivity contribution >= 4 is 27.1 Å². The van der Waals surface area contributed by atoms with Crippen LogP contribution in [0.3, 0.4) is 0 Å². The average Bonchev–Trinajstić information content (AvgIpc) is 2.33. The number of anilines is 3. The molecular formula is C13H14FN3O2S. The molecule has 0 bridgehead atoms. The Labute approximate surface area is 116 Å². The molecule has 0 amide bonds. The van der Waals surface area contributed by atoms with Crippen LogP contribution in [0.25, 0.3) is 0 Å². The van der Waals surface area contributed by atoms with Gasteiger partial charge in [-0.2, -0.15) is 0 Å². The number of primary sulfonamides is 1. The number of nitrogens with one attached hydrogen (secondary N) is 1. The first-order chi connectivity index (χ1) is 9.27. The molecule has 0 radical (unpaired) electrons. The van der Waals surface area contributed by atoms with Gasteiger partial charge in [-0.25, -0.2) is 17.9 Å². The van der Waals surface area contributed by atoms with E-state index in [2.05, 4.69) is 5.32 Å². The Morgan fingerprint density at radius 2 is 1.90 bits per heavy atom. The molecule has 0 unspecified atom stereocenters. The van der Waals surface area contributed by atoms with Crippen LogP contribution in [-0.4, -0.2) is 8.42 Å². The second-order valence-corrected chi connectivity index (χ2v) is 5.93. The number of hydrogen-bond acceptors (Lipinski definition) is 4. The molecule has 0 aliphatic carbocycles. The van der Waals surface area contributed by atoms with Crippen molar-refractivity contribution in [2.75, 3.05) is 11.1 Å². The summed E-state index contributed by atoms with van der Waals surface area (Å²) in [6.45, 7) is 1.62. The molecule has 0 atom stereocenters. The van der Waals surface area contributed by atoms with E-state index in [4.69, 9.17) is 10.9 Å². The Kier molecular flexibility index (Phi) is 3.65. The Hall–Kier alpha value is -2.12. The lowest BCUT2D eigenvalue weighted by Crippen LogP contribution is -2.12. The molecule has 7 heteroatoms. The Morgan fingerprint density at radius 3 is 2.55 bits per heavy atom. The summed E-state index contributed by atoms with van der Waals surface area (Å²) in [5.74, 6) is -0.356. The first-order valence-electron chi connectivity index (χ1n) is 5.73. The number of hydrogen-bond donors (Lipinski definition) is 3. The van der Waals surface area contributed by atoms with Gasteiger partial charge in [-0.1, -0.05) is 6.07 Å². The zero-order valence-electron chi connectivity index (χ0n) is 10.7. The summed E-state index contributed by atoms with van der Waals surface area (Å²) in [7, 11) is -3.85. The zero-order chi connectivity index (χ0) is 14.9. The molecule has 2 aromatic carbocycles. The van der Waals surface area contributed by atoms with E-state index in [0.717, 1.165) is 0 Å². The number of nitrogens with two attached hydrogens (primary N) is 2. The van der Waals surface area contributed by atoms with E-state index in [0.29, 0.717) is 16.9 Å². The minimum absolute atomic E-state index is 0.103. The van der Waals surface area contributed by atoms with Crippen LogP contribution >= 0.6 is 0 Å². The first kappa shape index (κ1) is 14.3. The molecule has 20 heavy (non-hydrogen) atoms. The van der Waals surface area contributed by atoms with Crippen LogP contribution < -0.4 is 16.2 Å². The van der Waals surface area contributed by atoms with Gasteiger partial charge in [0.05, 0.1) is 4.90 Å². The van der Waals surface area contributed by atoms with Crippen molar-refractivity contribution in [3.05, 3.63) is 47.8 Å². The van der Waals surface area contributed by atoms with Crippen LogP contribution in [0.15, 0.2) is 41.3 Å². The quantitative estimate of drug-likeness (QED) is 0.755. The van der Waals surface area contributed by atoms with Crippen molar-refractivity contribution in [3.8, 4) is 0 Å². The van der Waals surface area contributed by atoms with Crippen LogP contribution in [0.1, 0.15) is 5.56 Å². The second kappa shape index (κ2) is 5.10. The molecule has 0 heterocycles. The maximum absolute atomic E-state index is 13.4. The van der Waals surface area contributed by atoms with Crippen LogP contribution in [0.5, 0.6) is 0 Å². The van der Waals surface area contributed by atoms with Gasteiger partial charge in [0, 0.05) is 22.6 Å². The molecular weight excluding hydrogens is 281 g/mol. The number of benzene rings is 2. The molecule has 0 fully saturated rings. The Morgan fingerprint density at radius 1 is 1.20 bits per heavy atom. The van der Waals surface area contributed by atoms with E-state index in [1.54, 1.807) is 25.1 Å². The summed E-state index contributed by atoms with van der Waals surface area (Å²) in [5, 5.41) is 8.00. The predicted molar refractivity (Wildman–Crippen MR) is 76.6 cm³/mol. The first-order valence-corrected chi connectivity index (χ1v) is 7.27. The fourth-order valence-electron chi connectivity index (χ4n) is 1.76. The van der Waals surface area contributed by atoms with Crippen molar-refractivity contribution in [1.29, 1.82) is 0 Å². The van der Waals surface area contributed by atoms with Gasteiger partial charge in [0.1, 0.15) is 5.82 Å². The summed E-state index contributed by atoms with van der Waals surface area (Å²) in [5.41, 5.74) is 7.25. The van der Waals surface area contributed by atoms with E-state index < -0.39 is 10.0 Å². The number of halogens is 1. The molecule has 0 aliphatic rings. The smallest absolute Gasteiger partial charge is 0.238 e. The van der Waals surface area contributed by atoms with Crippen LogP contribution in [0.4, 0.5) is 21.5 Å². The van der Waals surface area contributed by atoms with Crippen LogP contribution in [-0.2, 0) is 10.0 Å². The van der Waals surface area contributed by atoms with Gasteiger partial charge in [0.2, 0.25) is 10.0 Å². The fourth-order valence-corrected chi connectivity index (χ4v) is 2.35. The maximum Gasteiger partial charge on any atom is 0.238 e. The van der Waals surface area contributed by atoms with E-state index >= 15 is 0 Å². The molecule has 5 N–H and O–H groups in total. The van der Waals surface area contributed by atoms with Crippen molar-refractivity contribution in [2.24, 2.45) is 5.14 Å². The minimum Gasteiger partial charge on any atom is -0.399 e. The van der Waals surface area contributed by atoms with Crippen molar-refractivity contribution in [3.63, 3.8) is 0 Å². The SMILES string of the molecule is Cc1c(F)cccc1Nc1cc(N)cc(S(N)(=O)=O)c1. The number of nitrogen functional groups attached to an aromatic ring is 1. The third-order valence-corrected chi connectivity index (χ3v) is 3.70. The molecule has 0 spiro atoms. The van der Waals surface area contributed by atoms with Crippen molar-refractivity contribution in [1.82, 2.24) is 0 Å². The number of sulfonamides is 1. The van der Waals surface area contributed by atoms with Gasteiger partial charge in [-0.15, -0.1) is 0 Å². The van der Waals surface area contributed by atoms with Gasteiger partial charge in [-0.05, 0) is 37.3 Å². The van der Waals surface area contributed by atoms with Crippen LogP contribution in [0, 0.1) is 12.7 Å². The highest BCUT2D eigenvalue weighted by molar-refractivity contribution is 7.89. The molecule has 5 nitrogen and oxygen atoms in total. The molecule has 2 rings (SSSR count). The van der Waals surface area contributed by atoms with Crippen molar-refractivity contribution < 1.29 is 12.8 Å². The summed E-state index contributed by atoms with van der Waals surface area (Å²) >= 11 is 0. The fraction of sp³-hybridized carbons (Fsp3) is 0.0769. The van der Waals surface area contributed by atoms with E-state index in [9.17, 15) is 12.8 Å². The Bertz CT molecular complexity index is 760. The minimum atomic E-state index is -3.85. The molecule has 106 valence electrons. The van der Waals surface area contributed by atoms with E-state index in [1.165, 1.54) is 18.2 Å².